The van der Waals surface area contributed by atoms with Gasteiger partial charge in [-0.25, -0.2) is 0 Å². The number of hydrogen-bond acceptors (Lipinski definition) is 5. The lowest BCUT2D eigenvalue weighted by molar-refractivity contribution is -0.116. The molecule has 2 aromatic carbocycles. The molecule has 0 saturated carbocycles. The van der Waals surface area contributed by atoms with Crippen molar-refractivity contribution < 1.29 is 4.79 Å². The summed E-state index contributed by atoms with van der Waals surface area (Å²) < 4.78 is 1.95. The van der Waals surface area contributed by atoms with E-state index in [0.717, 1.165) is 22.8 Å². The third-order valence-electron chi connectivity index (χ3n) is 4.51. The first-order valence-corrected chi connectivity index (χ1v) is 10.3. The van der Waals surface area contributed by atoms with Gasteiger partial charge < -0.3 is 4.90 Å². The Balaban J connectivity index is 1.77. The topological polar surface area (TPSA) is 74.8 Å². The first kappa shape index (κ1) is 20.6. The zero-order valence-electron chi connectivity index (χ0n) is 16.8. The molecule has 3 aromatic rings. The Morgan fingerprint density at radius 3 is 2.28 bits per heavy atom. The Kier molecular flexibility index (Phi) is 6.68. The molecule has 0 bridgehead atoms. The molecule has 148 valence electrons. The van der Waals surface area contributed by atoms with Crippen molar-refractivity contribution in [3.05, 3.63) is 65.5 Å². The highest BCUT2D eigenvalue weighted by atomic mass is 32.2. The fourth-order valence-corrected chi connectivity index (χ4v) is 3.79. The van der Waals surface area contributed by atoms with Gasteiger partial charge in [0.2, 0.25) is 5.91 Å². The number of rotatable bonds is 7. The number of benzene rings is 2. The predicted octanol–water partition coefficient (Wildman–Crippen LogP) is 4.23. The lowest BCUT2D eigenvalue weighted by Gasteiger charge is -2.22. The summed E-state index contributed by atoms with van der Waals surface area (Å²) in [6, 6.07) is 18.0. The van der Waals surface area contributed by atoms with Gasteiger partial charge in [0.1, 0.15) is 5.82 Å². The van der Waals surface area contributed by atoms with Crippen molar-refractivity contribution in [1.29, 1.82) is 5.26 Å². The van der Waals surface area contributed by atoms with E-state index in [-0.39, 0.29) is 18.1 Å². The molecule has 0 N–H and O–H groups in total. The standard InChI is InChI=1S/C22H23N5OS/c1-16-5-9-19(10-6-16)26(14-4-13-23)21(28)15-29-22-25-24-18(3)27(22)20-11-7-17(2)8-12-20/h5-12H,4,14-15H2,1-3H3. The Labute approximate surface area is 175 Å². The monoisotopic (exact) mass is 405 g/mol. The van der Waals surface area contributed by atoms with E-state index in [1.807, 2.05) is 73.9 Å². The van der Waals surface area contributed by atoms with E-state index in [9.17, 15) is 4.79 Å². The van der Waals surface area contributed by atoms with Gasteiger partial charge >= 0.3 is 0 Å². The van der Waals surface area contributed by atoms with E-state index in [2.05, 4.69) is 16.3 Å². The predicted molar refractivity (Wildman–Crippen MR) is 115 cm³/mol. The number of carbonyl (C=O) groups excluding carboxylic acids is 1. The zero-order chi connectivity index (χ0) is 20.8. The number of carbonyl (C=O) groups is 1. The first-order chi connectivity index (χ1) is 14.0. The van der Waals surface area contributed by atoms with E-state index < -0.39 is 0 Å². The maximum absolute atomic E-state index is 12.9. The maximum atomic E-state index is 12.9. The number of nitriles is 1. The highest BCUT2D eigenvalue weighted by molar-refractivity contribution is 7.99. The number of amides is 1. The van der Waals surface area contributed by atoms with Crippen molar-refractivity contribution in [3.8, 4) is 11.8 Å². The van der Waals surface area contributed by atoms with Gasteiger partial charge in [-0.15, -0.1) is 10.2 Å². The van der Waals surface area contributed by atoms with Gasteiger partial charge in [-0.3, -0.25) is 9.36 Å². The molecule has 0 aliphatic carbocycles. The van der Waals surface area contributed by atoms with Crippen molar-refractivity contribution in [2.24, 2.45) is 0 Å². The minimum Gasteiger partial charge on any atom is -0.311 e. The average molecular weight is 406 g/mol. The third-order valence-corrected chi connectivity index (χ3v) is 5.42. The van der Waals surface area contributed by atoms with Crippen molar-refractivity contribution in [2.75, 3.05) is 17.2 Å². The van der Waals surface area contributed by atoms with Crippen LogP contribution in [0.5, 0.6) is 0 Å². The van der Waals surface area contributed by atoms with Crippen LogP contribution in [0.25, 0.3) is 5.69 Å². The van der Waals surface area contributed by atoms with Gasteiger partial charge in [-0.1, -0.05) is 47.2 Å². The summed E-state index contributed by atoms with van der Waals surface area (Å²) in [6.45, 7) is 6.30. The number of anilines is 1. The molecule has 0 saturated heterocycles. The molecule has 29 heavy (non-hydrogen) atoms. The van der Waals surface area contributed by atoms with Crippen LogP contribution in [0.15, 0.2) is 53.7 Å². The molecule has 0 atom stereocenters. The first-order valence-electron chi connectivity index (χ1n) is 9.35. The number of nitrogens with zero attached hydrogens (tertiary/aromatic N) is 5. The van der Waals surface area contributed by atoms with Gasteiger partial charge in [-0.05, 0) is 45.0 Å². The minimum absolute atomic E-state index is 0.0646. The molecular formula is C22H23N5OS. The molecular weight excluding hydrogens is 382 g/mol. The molecule has 0 radical (unpaired) electrons. The zero-order valence-corrected chi connectivity index (χ0v) is 17.6. The van der Waals surface area contributed by atoms with Gasteiger partial charge in [-0.2, -0.15) is 5.26 Å². The number of aryl methyl sites for hydroxylation is 3. The number of thioether (sulfide) groups is 1. The Bertz CT molecular complexity index is 1020. The number of hydrogen-bond donors (Lipinski definition) is 0. The second kappa shape index (κ2) is 9.39. The van der Waals surface area contributed by atoms with E-state index in [0.29, 0.717) is 11.7 Å². The van der Waals surface area contributed by atoms with E-state index >= 15 is 0 Å². The van der Waals surface area contributed by atoms with Crippen LogP contribution in [0.1, 0.15) is 23.4 Å². The quantitative estimate of drug-likeness (QED) is 0.550. The van der Waals surface area contributed by atoms with Crippen LogP contribution in [-0.4, -0.2) is 33.0 Å². The molecule has 0 unspecified atom stereocenters. The van der Waals surface area contributed by atoms with Crippen LogP contribution >= 0.6 is 11.8 Å². The molecule has 0 aliphatic heterocycles. The maximum Gasteiger partial charge on any atom is 0.237 e. The molecule has 1 amide bonds. The van der Waals surface area contributed by atoms with Crippen LogP contribution in [0.2, 0.25) is 0 Å². The lowest BCUT2D eigenvalue weighted by Crippen LogP contribution is -2.33. The molecule has 3 rings (SSSR count). The fraction of sp³-hybridized carbons (Fsp3) is 0.273. The minimum atomic E-state index is -0.0646. The summed E-state index contributed by atoms with van der Waals surface area (Å²) in [7, 11) is 0. The fourth-order valence-electron chi connectivity index (χ4n) is 2.92. The van der Waals surface area contributed by atoms with Crippen LogP contribution in [-0.2, 0) is 4.79 Å². The van der Waals surface area contributed by atoms with E-state index in [1.54, 1.807) is 4.90 Å². The summed E-state index contributed by atoms with van der Waals surface area (Å²) in [5.41, 5.74) is 4.06. The molecule has 0 spiro atoms. The van der Waals surface area contributed by atoms with Crippen molar-refractivity contribution in [1.82, 2.24) is 14.8 Å². The lowest BCUT2D eigenvalue weighted by atomic mass is 10.2. The van der Waals surface area contributed by atoms with Crippen molar-refractivity contribution in [2.45, 2.75) is 32.3 Å². The Hall–Kier alpha value is -3.11. The van der Waals surface area contributed by atoms with Crippen LogP contribution in [0.3, 0.4) is 0 Å². The van der Waals surface area contributed by atoms with Gasteiger partial charge in [0, 0.05) is 17.9 Å². The van der Waals surface area contributed by atoms with Crippen molar-refractivity contribution >= 4 is 23.4 Å². The summed E-state index contributed by atoms with van der Waals surface area (Å²) >= 11 is 1.35. The van der Waals surface area contributed by atoms with Gasteiger partial charge in [0.25, 0.3) is 0 Å². The third kappa shape index (κ3) is 5.04. The Morgan fingerprint density at radius 1 is 1.03 bits per heavy atom. The number of aromatic nitrogens is 3. The molecule has 1 aromatic heterocycles. The highest BCUT2D eigenvalue weighted by Crippen LogP contribution is 2.24. The van der Waals surface area contributed by atoms with E-state index in [4.69, 9.17) is 5.26 Å². The summed E-state index contributed by atoms with van der Waals surface area (Å²) in [5.74, 6) is 0.914. The molecule has 1 heterocycles. The van der Waals surface area contributed by atoms with Crippen LogP contribution in [0.4, 0.5) is 5.69 Å². The molecule has 6 nitrogen and oxygen atoms in total. The Morgan fingerprint density at radius 2 is 1.66 bits per heavy atom. The molecule has 0 aliphatic rings. The largest absolute Gasteiger partial charge is 0.311 e. The normalized spacial score (nSPS) is 10.6. The summed E-state index contributed by atoms with van der Waals surface area (Å²) in [6.07, 6.45) is 0.281. The average Bonchev–Trinajstić information content (AvgIpc) is 3.09. The van der Waals surface area contributed by atoms with Gasteiger partial charge in [0.05, 0.1) is 18.2 Å². The molecule has 0 fully saturated rings. The highest BCUT2D eigenvalue weighted by Gasteiger charge is 2.18. The van der Waals surface area contributed by atoms with Crippen molar-refractivity contribution in [3.63, 3.8) is 0 Å². The second-order valence-corrected chi connectivity index (χ2v) is 7.72. The SMILES string of the molecule is Cc1ccc(N(CCC#N)C(=O)CSc2nnc(C)n2-c2ccc(C)cc2)cc1. The van der Waals surface area contributed by atoms with Gasteiger partial charge in [0.15, 0.2) is 5.16 Å². The summed E-state index contributed by atoms with van der Waals surface area (Å²) in [4.78, 5) is 14.6. The second-order valence-electron chi connectivity index (χ2n) is 6.78. The van der Waals surface area contributed by atoms with Crippen LogP contribution in [0, 0.1) is 32.1 Å². The molecule has 7 heteroatoms. The van der Waals surface area contributed by atoms with E-state index in [1.165, 1.54) is 17.3 Å². The smallest absolute Gasteiger partial charge is 0.237 e. The van der Waals surface area contributed by atoms with Crippen LogP contribution < -0.4 is 4.90 Å². The summed E-state index contributed by atoms with van der Waals surface area (Å²) in [5, 5.41) is 18.1.